The summed E-state index contributed by atoms with van der Waals surface area (Å²) < 4.78 is 2.43. The van der Waals surface area contributed by atoms with E-state index >= 15 is 0 Å². The van der Waals surface area contributed by atoms with E-state index in [1.165, 1.54) is 75.6 Å². The van der Waals surface area contributed by atoms with Gasteiger partial charge in [0, 0.05) is 33.5 Å². The van der Waals surface area contributed by atoms with Crippen molar-refractivity contribution in [2.45, 2.75) is 0 Å². The van der Waals surface area contributed by atoms with Crippen molar-refractivity contribution in [2.75, 3.05) is 4.90 Å². The van der Waals surface area contributed by atoms with Crippen molar-refractivity contribution >= 4 is 78.5 Å². The Labute approximate surface area is 380 Å². The van der Waals surface area contributed by atoms with Crippen LogP contribution in [0.5, 0.6) is 0 Å². The fraction of sp³-hybridized carbons (Fsp3) is 0. The van der Waals surface area contributed by atoms with Crippen molar-refractivity contribution < 1.29 is 0 Å². The molecule has 0 aliphatic heterocycles. The quantitative estimate of drug-likeness (QED) is 0.0756. The fourth-order valence-electron chi connectivity index (χ4n) is 10.3. The molecule has 0 fully saturated rings. The van der Waals surface area contributed by atoms with Crippen molar-refractivity contribution in [3.8, 4) is 27.9 Å². The third-order valence-corrected chi connectivity index (χ3v) is 18.1. The summed E-state index contributed by atoms with van der Waals surface area (Å²) in [4.78, 5) is 2.41. The first-order chi connectivity index (χ1) is 32.2. The highest BCUT2D eigenvalue weighted by Crippen LogP contribution is 2.44. The molecule has 0 unspecified atom stereocenters. The lowest BCUT2D eigenvalue weighted by molar-refractivity contribution is 1.18. The minimum Gasteiger partial charge on any atom is -0.310 e. The lowest BCUT2D eigenvalue weighted by Gasteiger charge is -2.34. The number of anilines is 3. The van der Waals surface area contributed by atoms with Crippen LogP contribution in [0.1, 0.15) is 0 Å². The highest BCUT2D eigenvalue weighted by atomic mass is 28.3. The lowest BCUT2D eigenvalue weighted by atomic mass is 10.0. The Morgan fingerprint density at radius 3 is 1.22 bits per heavy atom. The number of aromatic nitrogens is 1. The van der Waals surface area contributed by atoms with Crippen LogP contribution >= 0.6 is 0 Å². The maximum absolute atomic E-state index is 2.62. The summed E-state index contributed by atoms with van der Waals surface area (Å²) in [6, 6.07) is 98.3. The second-order valence-corrected chi connectivity index (χ2v) is 20.7. The average molecular weight is 845 g/mol. The summed E-state index contributed by atoms with van der Waals surface area (Å²) in [6.45, 7) is 0. The van der Waals surface area contributed by atoms with Gasteiger partial charge in [-0.25, -0.2) is 0 Å². The monoisotopic (exact) mass is 844 g/mol. The molecule has 12 rings (SSSR count). The smallest absolute Gasteiger partial charge is 0.179 e. The topological polar surface area (TPSA) is 8.17 Å². The second-order valence-electron chi connectivity index (χ2n) is 16.9. The molecule has 1 heterocycles. The van der Waals surface area contributed by atoms with E-state index in [-0.39, 0.29) is 0 Å². The Morgan fingerprint density at radius 1 is 0.277 bits per heavy atom. The van der Waals surface area contributed by atoms with Crippen LogP contribution in [-0.2, 0) is 0 Å². The predicted molar refractivity (Wildman–Crippen MR) is 279 cm³/mol. The van der Waals surface area contributed by atoms with Gasteiger partial charge in [0.15, 0.2) is 8.07 Å². The number of para-hydroxylation sites is 1. The molecule has 12 aromatic rings. The van der Waals surface area contributed by atoms with Crippen LogP contribution in [0.2, 0.25) is 0 Å². The minimum atomic E-state index is -2.62. The Bertz CT molecular complexity index is 3440. The molecule has 0 N–H and O–H groups in total. The van der Waals surface area contributed by atoms with E-state index in [1.54, 1.807) is 0 Å². The van der Waals surface area contributed by atoms with Gasteiger partial charge in [-0.15, -0.1) is 0 Å². The molecule has 11 aromatic carbocycles. The summed E-state index contributed by atoms with van der Waals surface area (Å²) in [5.41, 5.74) is 11.6. The molecule has 2 nitrogen and oxygen atoms in total. The van der Waals surface area contributed by atoms with Crippen LogP contribution in [0, 0.1) is 0 Å². The van der Waals surface area contributed by atoms with E-state index in [0.717, 1.165) is 22.7 Å². The standard InChI is InChI=1S/C62H44N2Si/c1-6-17-45(18-7-1)46-31-37-52(38-32-46)63(54-43-50-30-29-49-19-16-28-59-61(49)62(50)60(44-54)64(59)51-20-8-2-9-21-51)53-39-33-47(34-40-53)48-35-41-58(42-36-48)65(55-22-10-3-11-23-55,56-24-12-4-13-25-56)57-26-14-5-15-27-57/h1-44H. The molecular weight excluding hydrogens is 801 g/mol. The average Bonchev–Trinajstić information content (AvgIpc) is 3.73. The Balaban J connectivity index is 0.983. The van der Waals surface area contributed by atoms with E-state index in [2.05, 4.69) is 276 Å². The summed E-state index contributed by atoms with van der Waals surface area (Å²) in [5, 5.41) is 10.6. The highest BCUT2D eigenvalue weighted by Gasteiger charge is 2.41. The lowest BCUT2D eigenvalue weighted by Crippen LogP contribution is -2.74. The van der Waals surface area contributed by atoms with Gasteiger partial charge in [0.1, 0.15) is 0 Å². The van der Waals surface area contributed by atoms with Gasteiger partial charge in [0.25, 0.3) is 0 Å². The molecule has 0 bridgehead atoms. The molecule has 0 saturated carbocycles. The second kappa shape index (κ2) is 16.1. The van der Waals surface area contributed by atoms with E-state index < -0.39 is 8.07 Å². The third-order valence-electron chi connectivity index (χ3n) is 13.3. The highest BCUT2D eigenvalue weighted by molar-refractivity contribution is 7.19. The van der Waals surface area contributed by atoms with Crippen molar-refractivity contribution in [1.29, 1.82) is 0 Å². The molecule has 0 atom stereocenters. The van der Waals surface area contributed by atoms with Crippen LogP contribution in [-0.4, -0.2) is 12.6 Å². The first-order valence-corrected chi connectivity index (χ1v) is 24.4. The van der Waals surface area contributed by atoms with E-state index in [9.17, 15) is 0 Å². The van der Waals surface area contributed by atoms with Crippen molar-refractivity contribution in [3.63, 3.8) is 0 Å². The van der Waals surface area contributed by atoms with Gasteiger partial charge >= 0.3 is 0 Å². The van der Waals surface area contributed by atoms with Crippen LogP contribution < -0.4 is 25.6 Å². The molecule has 3 heteroatoms. The number of hydrogen-bond donors (Lipinski definition) is 0. The van der Waals surface area contributed by atoms with E-state index in [4.69, 9.17) is 0 Å². The molecule has 0 radical (unpaired) electrons. The number of benzene rings is 11. The normalized spacial score (nSPS) is 11.7. The molecular formula is C62H44N2Si. The first kappa shape index (κ1) is 38.4. The molecule has 0 spiro atoms. The van der Waals surface area contributed by atoms with Gasteiger partial charge in [-0.1, -0.05) is 212 Å². The maximum atomic E-state index is 2.43. The van der Waals surface area contributed by atoms with Gasteiger partial charge in [-0.2, -0.15) is 0 Å². The van der Waals surface area contributed by atoms with Gasteiger partial charge in [0.2, 0.25) is 0 Å². The van der Waals surface area contributed by atoms with E-state index in [0.29, 0.717) is 0 Å². The molecule has 0 aliphatic carbocycles. The summed E-state index contributed by atoms with van der Waals surface area (Å²) in [5.74, 6) is 0. The zero-order valence-electron chi connectivity index (χ0n) is 35.8. The SMILES string of the molecule is c1ccc(-c2ccc(N(c3ccc(-c4ccc([Si](c5ccccc5)(c5ccccc5)c5ccccc5)cc4)cc3)c3cc4ccc5cccc6c5c4c(c3)n6-c3ccccc3)cc2)cc1. The summed E-state index contributed by atoms with van der Waals surface area (Å²) >= 11 is 0. The molecule has 1 aromatic heterocycles. The van der Waals surface area contributed by atoms with Crippen LogP contribution in [0.15, 0.2) is 267 Å². The maximum Gasteiger partial charge on any atom is 0.179 e. The zero-order chi connectivity index (χ0) is 43.2. The Hall–Kier alpha value is -8.24. The summed E-state index contributed by atoms with van der Waals surface area (Å²) in [7, 11) is -2.62. The molecule has 65 heavy (non-hydrogen) atoms. The molecule has 0 saturated heterocycles. The zero-order valence-corrected chi connectivity index (χ0v) is 36.8. The van der Waals surface area contributed by atoms with Gasteiger partial charge in [-0.3, -0.25) is 0 Å². The molecule has 306 valence electrons. The van der Waals surface area contributed by atoms with Crippen LogP contribution in [0.4, 0.5) is 17.1 Å². The fourth-order valence-corrected chi connectivity index (χ4v) is 15.1. The Kier molecular flexibility index (Phi) is 9.55. The number of nitrogens with zero attached hydrogens (tertiary/aromatic N) is 2. The molecule has 0 amide bonds. The number of hydrogen-bond acceptors (Lipinski definition) is 1. The van der Waals surface area contributed by atoms with Crippen molar-refractivity contribution in [1.82, 2.24) is 4.57 Å². The third kappa shape index (κ3) is 6.56. The van der Waals surface area contributed by atoms with Crippen molar-refractivity contribution in [3.05, 3.63) is 267 Å². The van der Waals surface area contributed by atoms with Crippen LogP contribution in [0.3, 0.4) is 0 Å². The van der Waals surface area contributed by atoms with Gasteiger partial charge in [0.05, 0.1) is 11.0 Å². The van der Waals surface area contributed by atoms with Crippen LogP contribution in [0.25, 0.3) is 60.5 Å². The summed E-state index contributed by atoms with van der Waals surface area (Å²) in [6.07, 6.45) is 0. The molecule has 0 aliphatic rings. The first-order valence-electron chi connectivity index (χ1n) is 22.4. The predicted octanol–water partition coefficient (Wildman–Crippen LogP) is 13.6. The van der Waals surface area contributed by atoms with E-state index in [1.807, 2.05) is 0 Å². The van der Waals surface area contributed by atoms with Crippen molar-refractivity contribution in [2.24, 2.45) is 0 Å². The van der Waals surface area contributed by atoms with Gasteiger partial charge < -0.3 is 9.47 Å². The Morgan fingerprint density at radius 2 is 0.692 bits per heavy atom. The van der Waals surface area contributed by atoms with Gasteiger partial charge in [-0.05, 0) is 108 Å². The largest absolute Gasteiger partial charge is 0.310 e. The number of rotatable bonds is 10. The minimum absolute atomic E-state index is 1.09.